The predicted molar refractivity (Wildman–Crippen MR) is 212 cm³/mol. The van der Waals surface area contributed by atoms with Crippen LogP contribution in [0.2, 0.25) is 0 Å². The molecule has 0 saturated heterocycles. The molecule has 3 heterocycles. The summed E-state index contributed by atoms with van der Waals surface area (Å²) in [5.74, 6) is 0.704. The molecule has 0 atom stereocenters. The Morgan fingerprint density at radius 1 is 0.431 bits per heavy atom. The number of nitrogens with zero attached hydrogens (tertiary/aromatic N) is 4. The molecule has 6 aromatic carbocycles. The lowest BCUT2D eigenvalue weighted by Gasteiger charge is -2.14. The first-order valence-corrected chi connectivity index (χ1v) is 17.2. The zero-order valence-corrected chi connectivity index (χ0v) is 28.0. The van der Waals surface area contributed by atoms with Crippen LogP contribution < -0.4 is 0 Å². The van der Waals surface area contributed by atoms with Gasteiger partial charge in [0.05, 0.1) is 28.1 Å². The minimum atomic E-state index is 0.704. The average molecular weight is 653 g/mol. The highest BCUT2D eigenvalue weighted by molar-refractivity contribution is 6.05. The zero-order chi connectivity index (χ0) is 34.1. The Morgan fingerprint density at radius 3 is 1.84 bits per heavy atom. The summed E-state index contributed by atoms with van der Waals surface area (Å²) in [5, 5.41) is 4.48. The summed E-state index contributed by atoms with van der Waals surface area (Å²) in [4.78, 5) is 19.9. The number of rotatable bonds is 6. The lowest BCUT2D eigenvalue weighted by atomic mass is 9.92. The Labute approximate surface area is 296 Å². The van der Waals surface area contributed by atoms with Crippen molar-refractivity contribution < 1.29 is 0 Å². The molecular formula is C47H32N4. The van der Waals surface area contributed by atoms with Gasteiger partial charge < -0.3 is 0 Å². The molecule has 0 saturated carbocycles. The molecule has 9 aromatic rings. The van der Waals surface area contributed by atoms with Gasteiger partial charge in [0.1, 0.15) is 0 Å². The largest absolute Gasteiger partial charge is 0.254 e. The third-order valence-corrected chi connectivity index (χ3v) is 9.45. The van der Waals surface area contributed by atoms with Crippen LogP contribution in [-0.4, -0.2) is 19.9 Å². The maximum absolute atomic E-state index is 5.15. The highest BCUT2D eigenvalue weighted by Gasteiger charge is 2.15. The van der Waals surface area contributed by atoms with E-state index in [9.17, 15) is 0 Å². The second-order valence-corrected chi connectivity index (χ2v) is 12.6. The molecule has 0 aliphatic heterocycles. The van der Waals surface area contributed by atoms with Crippen molar-refractivity contribution in [2.45, 2.75) is 6.92 Å². The Balaban J connectivity index is 1.12. The summed E-state index contributed by atoms with van der Waals surface area (Å²) in [7, 11) is 0. The minimum absolute atomic E-state index is 0.704. The van der Waals surface area contributed by atoms with Crippen molar-refractivity contribution in [2.75, 3.05) is 0 Å². The molecule has 4 nitrogen and oxygen atoms in total. The van der Waals surface area contributed by atoms with Gasteiger partial charge in [-0.05, 0) is 52.6 Å². The molecule has 240 valence electrons. The van der Waals surface area contributed by atoms with Gasteiger partial charge in [-0.2, -0.15) is 0 Å². The van der Waals surface area contributed by atoms with Gasteiger partial charge >= 0.3 is 0 Å². The van der Waals surface area contributed by atoms with Gasteiger partial charge in [0.25, 0.3) is 0 Å². The van der Waals surface area contributed by atoms with Crippen molar-refractivity contribution in [3.8, 4) is 56.3 Å². The van der Waals surface area contributed by atoms with Crippen LogP contribution in [0.1, 0.15) is 12.5 Å². The second-order valence-electron chi connectivity index (χ2n) is 12.6. The Morgan fingerprint density at radius 2 is 1.06 bits per heavy atom. The lowest BCUT2D eigenvalue weighted by Crippen LogP contribution is -1.96. The zero-order valence-electron chi connectivity index (χ0n) is 28.0. The lowest BCUT2D eigenvalue weighted by molar-refractivity contribution is 1.18. The Hall–Kier alpha value is -6.78. The predicted octanol–water partition coefficient (Wildman–Crippen LogP) is 12.1. The number of hydrogen-bond acceptors (Lipinski definition) is 4. The first-order chi connectivity index (χ1) is 25.2. The molecule has 0 amide bonds. The standard InChI is InChI=1S/C47H32N4/c1-2-9-31-15-17-34(18-16-31)43-30-44(51-47(50-43)37-10-4-3-5-11-37)41-27-26-38(39-13-6-7-14-40(39)41)32-19-21-33(22-20-32)42-28-25-36-24-23-35-12-8-29-48-45(35)46(36)49-42/h2-30H,1H3/b9-2+. The molecule has 0 unspecified atom stereocenters. The van der Waals surface area contributed by atoms with Crippen molar-refractivity contribution >= 4 is 38.7 Å². The summed E-state index contributed by atoms with van der Waals surface area (Å²) in [5.41, 5.74) is 12.2. The van der Waals surface area contributed by atoms with Crippen LogP contribution in [0.15, 0.2) is 170 Å². The second kappa shape index (κ2) is 12.9. The van der Waals surface area contributed by atoms with Crippen LogP contribution in [0, 0.1) is 0 Å². The van der Waals surface area contributed by atoms with E-state index in [0.717, 1.165) is 77.7 Å². The third-order valence-electron chi connectivity index (χ3n) is 9.45. The molecule has 4 heteroatoms. The van der Waals surface area contributed by atoms with E-state index in [0.29, 0.717) is 5.82 Å². The smallest absolute Gasteiger partial charge is 0.160 e. The molecule has 0 N–H and O–H groups in total. The summed E-state index contributed by atoms with van der Waals surface area (Å²) in [6.45, 7) is 2.03. The fourth-order valence-electron chi connectivity index (χ4n) is 6.89. The first kappa shape index (κ1) is 30.3. The summed E-state index contributed by atoms with van der Waals surface area (Å²) in [6.07, 6.45) is 5.98. The molecule has 3 aromatic heterocycles. The van der Waals surface area contributed by atoms with Gasteiger partial charge in [-0.3, -0.25) is 4.98 Å². The molecule has 9 rings (SSSR count). The van der Waals surface area contributed by atoms with Crippen LogP contribution in [0.25, 0.3) is 94.9 Å². The van der Waals surface area contributed by atoms with Crippen molar-refractivity contribution in [3.05, 3.63) is 176 Å². The van der Waals surface area contributed by atoms with E-state index in [1.807, 2.05) is 37.4 Å². The van der Waals surface area contributed by atoms with Crippen molar-refractivity contribution in [3.63, 3.8) is 0 Å². The number of hydrogen-bond donors (Lipinski definition) is 0. The van der Waals surface area contributed by atoms with Gasteiger partial charge in [-0.1, -0.05) is 152 Å². The molecule has 0 aliphatic rings. The minimum Gasteiger partial charge on any atom is -0.254 e. The number of aromatic nitrogens is 4. The summed E-state index contributed by atoms with van der Waals surface area (Å²) < 4.78 is 0. The van der Waals surface area contributed by atoms with E-state index in [1.54, 1.807) is 0 Å². The van der Waals surface area contributed by atoms with Gasteiger partial charge in [0, 0.05) is 39.2 Å². The molecule has 0 fully saturated rings. The quantitative estimate of drug-likeness (QED) is 0.168. The van der Waals surface area contributed by atoms with Crippen LogP contribution in [-0.2, 0) is 0 Å². The molecule has 51 heavy (non-hydrogen) atoms. The molecule has 0 spiro atoms. The Kier molecular flexibility index (Phi) is 7.67. The maximum Gasteiger partial charge on any atom is 0.160 e. The molecule has 0 bridgehead atoms. The normalized spacial score (nSPS) is 11.5. The van der Waals surface area contributed by atoms with Crippen molar-refractivity contribution in [1.82, 2.24) is 19.9 Å². The van der Waals surface area contributed by atoms with E-state index >= 15 is 0 Å². The summed E-state index contributed by atoms with van der Waals surface area (Å²) in [6, 6.07) is 55.0. The van der Waals surface area contributed by atoms with Gasteiger partial charge in [-0.25, -0.2) is 15.0 Å². The fourth-order valence-corrected chi connectivity index (χ4v) is 6.89. The van der Waals surface area contributed by atoms with E-state index < -0.39 is 0 Å². The van der Waals surface area contributed by atoms with Crippen molar-refractivity contribution in [2.24, 2.45) is 0 Å². The van der Waals surface area contributed by atoms with E-state index in [4.69, 9.17) is 15.0 Å². The molecule has 0 radical (unpaired) electrons. The van der Waals surface area contributed by atoms with Gasteiger partial charge in [0.15, 0.2) is 5.82 Å². The van der Waals surface area contributed by atoms with Gasteiger partial charge in [0.2, 0.25) is 0 Å². The average Bonchev–Trinajstić information content (AvgIpc) is 3.21. The maximum atomic E-state index is 5.15. The van der Waals surface area contributed by atoms with Gasteiger partial charge in [-0.15, -0.1) is 0 Å². The van der Waals surface area contributed by atoms with Crippen molar-refractivity contribution in [1.29, 1.82) is 0 Å². The highest BCUT2D eigenvalue weighted by Crippen LogP contribution is 2.37. The van der Waals surface area contributed by atoms with Crippen LogP contribution in [0.3, 0.4) is 0 Å². The third kappa shape index (κ3) is 5.73. The van der Waals surface area contributed by atoms with Crippen LogP contribution in [0.4, 0.5) is 0 Å². The molecule has 0 aliphatic carbocycles. The van der Waals surface area contributed by atoms with E-state index in [1.165, 1.54) is 10.9 Å². The molecular weight excluding hydrogens is 621 g/mol. The first-order valence-electron chi connectivity index (χ1n) is 17.2. The number of benzene rings is 6. The topological polar surface area (TPSA) is 51.6 Å². The number of fused-ring (bicyclic) bond motifs is 4. The van der Waals surface area contributed by atoms with E-state index in [-0.39, 0.29) is 0 Å². The number of pyridine rings is 2. The highest BCUT2D eigenvalue weighted by atomic mass is 14.9. The van der Waals surface area contributed by atoms with E-state index in [2.05, 4.69) is 151 Å². The van der Waals surface area contributed by atoms with Crippen LogP contribution >= 0.6 is 0 Å². The number of allylic oxidation sites excluding steroid dienone is 1. The van der Waals surface area contributed by atoms with Crippen LogP contribution in [0.5, 0.6) is 0 Å². The fraction of sp³-hybridized carbons (Fsp3) is 0.0213. The SMILES string of the molecule is C/C=C/c1ccc(-c2cc(-c3ccc(-c4ccc(-c5ccc6ccc7cccnc7c6n5)cc4)c4ccccc34)nc(-c3ccccc3)n2)cc1. The Bertz CT molecular complexity index is 2730. The monoisotopic (exact) mass is 652 g/mol. The summed E-state index contributed by atoms with van der Waals surface area (Å²) >= 11 is 0.